The number of aliphatic hydroxyl groups excluding tert-OH is 9. The van der Waals surface area contributed by atoms with Gasteiger partial charge in [-0.3, -0.25) is 43.2 Å². The van der Waals surface area contributed by atoms with Gasteiger partial charge in [0.25, 0.3) is 0 Å². The van der Waals surface area contributed by atoms with Crippen LogP contribution in [0.3, 0.4) is 0 Å². The Bertz CT molecular complexity index is 2610. The number of carbonyl (C=O) groups is 9. The van der Waals surface area contributed by atoms with Crippen molar-refractivity contribution in [1.29, 1.82) is 0 Å². The van der Waals surface area contributed by atoms with Crippen LogP contribution in [0.2, 0.25) is 0 Å². The van der Waals surface area contributed by atoms with Gasteiger partial charge in [-0.1, -0.05) is 51.4 Å². The van der Waals surface area contributed by atoms with Crippen LogP contribution in [0.15, 0.2) is 0 Å². The van der Waals surface area contributed by atoms with Crippen LogP contribution in [-0.2, 0) is 107 Å². The van der Waals surface area contributed by atoms with Gasteiger partial charge < -0.3 is 150 Å². The number of carbonyl (C=O) groups excluding carboxylic acids is 9. The van der Waals surface area contributed by atoms with Gasteiger partial charge in [0, 0.05) is 119 Å². The van der Waals surface area contributed by atoms with Crippen LogP contribution in [0.5, 0.6) is 0 Å². The molecular formula is C71H128N9O30PS. The van der Waals surface area contributed by atoms with Crippen LogP contribution >= 0.6 is 6.72 Å². The molecule has 39 nitrogen and oxygen atoms in total. The van der Waals surface area contributed by atoms with Crippen molar-refractivity contribution in [2.75, 3.05) is 132 Å². The second kappa shape index (κ2) is 55.6. The molecule has 41 heteroatoms. The van der Waals surface area contributed by atoms with Crippen molar-refractivity contribution < 1.29 is 146 Å². The Balaban J connectivity index is 1.34. The minimum Gasteiger partial charge on any atom is -0.394 e. The van der Waals surface area contributed by atoms with Gasteiger partial charge in [0.1, 0.15) is 78.6 Å². The third-order valence-electron chi connectivity index (χ3n) is 19.0. The lowest BCUT2D eigenvalue weighted by Crippen LogP contribution is -2.64. The molecule has 4 aliphatic rings. The summed E-state index contributed by atoms with van der Waals surface area (Å²) in [6.07, 6.45) is -4.77. The topological polar surface area (TPSA) is 557 Å². The number of nitrogens with zero attached hydrogens (tertiary/aromatic N) is 1. The van der Waals surface area contributed by atoms with Gasteiger partial charge in [-0.2, -0.15) is 0 Å². The highest BCUT2D eigenvalue weighted by Gasteiger charge is 2.48. The smallest absolute Gasteiger partial charge is 0.324 e. The van der Waals surface area contributed by atoms with Crippen LogP contribution in [0.4, 0.5) is 0 Å². The zero-order valence-corrected chi connectivity index (χ0v) is 66.9. The van der Waals surface area contributed by atoms with Crippen LogP contribution in [-0.4, -0.2) is 339 Å². The number of amides is 9. The monoisotopic (exact) mass is 1650 g/mol. The Morgan fingerprint density at radius 2 is 0.741 bits per heavy atom. The van der Waals surface area contributed by atoms with Crippen LogP contribution in [0, 0.1) is 5.92 Å². The molecule has 112 heavy (non-hydrogen) atoms. The molecule has 0 radical (unpaired) electrons. The fourth-order valence-corrected chi connectivity index (χ4v) is 13.2. The summed E-state index contributed by atoms with van der Waals surface area (Å²) in [6, 6.07) is -3.21. The molecule has 16 unspecified atom stereocenters. The van der Waals surface area contributed by atoms with E-state index in [0.29, 0.717) is 116 Å². The number of hydrogen-bond acceptors (Lipinski definition) is 30. The van der Waals surface area contributed by atoms with Crippen LogP contribution in [0.1, 0.15) is 162 Å². The van der Waals surface area contributed by atoms with Crippen molar-refractivity contribution in [2.24, 2.45) is 5.92 Å². The highest BCUT2D eigenvalue weighted by molar-refractivity contribution is 8.07. The predicted molar refractivity (Wildman–Crippen MR) is 400 cm³/mol. The van der Waals surface area contributed by atoms with E-state index >= 15 is 0 Å². The first-order valence-corrected chi connectivity index (χ1v) is 41.6. The van der Waals surface area contributed by atoms with E-state index in [1.54, 1.807) is 0 Å². The molecule has 0 bridgehead atoms. The average molecular weight is 1650 g/mol. The molecule has 4 fully saturated rings. The van der Waals surface area contributed by atoms with Crippen molar-refractivity contribution in [3.8, 4) is 0 Å². The van der Waals surface area contributed by atoms with E-state index < -0.39 is 154 Å². The fraction of sp³-hybridized carbons (Fsp3) is 0.873. The summed E-state index contributed by atoms with van der Waals surface area (Å²) in [7, 11) is 1.29. The van der Waals surface area contributed by atoms with E-state index in [2.05, 4.69) is 42.5 Å². The molecule has 4 saturated heterocycles. The lowest BCUT2D eigenvalue weighted by atomic mass is 9.95. The Hall–Kier alpha value is -4.96. The molecule has 0 saturated carbocycles. The van der Waals surface area contributed by atoms with Crippen molar-refractivity contribution in [3.63, 3.8) is 0 Å². The molecular weight excluding hydrogens is 1520 g/mol. The maximum Gasteiger partial charge on any atom is 0.324 e. The molecule has 4 heterocycles. The Kier molecular flexibility index (Phi) is 49.4. The van der Waals surface area contributed by atoms with Gasteiger partial charge in [0.15, 0.2) is 18.9 Å². The molecule has 0 aromatic heterocycles. The molecule has 0 aliphatic carbocycles. The normalized spacial score (nSPS) is 25.7. The van der Waals surface area contributed by atoms with E-state index in [1.165, 1.54) is 32.8 Å². The summed E-state index contributed by atoms with van der Waals surface area (Å²) in [4.78, 5) is 126. The third kappa shape index (κ3) is 38.4. The maximum atomic E-state index is 14.3. The van der Waals surface area contributed by atoms with E-state index in [1.807, 2.05) is 0 Å². The molecule has 4 rings (SSSR count). The fourth-order valence-electron chi connectivity index (χ4n) is 12.6. The Morgan fingerprint density at radius 1 is 0.429 bits per heavy atom. The van der Waals surface area contributed by atoms with E-state index in [4.69, 9.17) is 63.5 Å². The largest absolute Gasteiger partial charge is 0.394 e. The minimum absolute atomic E-state index is 0.0600. The summed E-state index contributed by atoms with van der Waals surface area (Å²) >= 11 is 4.82. The Morgan fingerprint density at radius 3 is 1.05 bits per heavy atom. The first kappa shape index (κ1) is 99.4. The molecule has 0 spiro atoms. The molecule has 648 valence electrons. The van der Waals surface area contributed by atoms with Gasteiger partial charge in [0.05, 0.1) is 72.0 Å². The molecule has 18 N–H and O–H groups in total. The van der Waals surface area contributed by atoms with Crippen molar-refractivity contribution >= 4 is 71.7 Å². The van der Waals surface area contributed by atoms with E-state index in [0.717, 1.165) is 12.8 Å². The maximum absolute atomic E-state index is 14.3. The molecule has 9 amide bonds. The van der Waals surface area contributed by atoms with Crippen molar-refractivity contribution in [1.82, 2.24) is 47.4 Å². The van der Waals surface area contributed by atoms with Crippen molar-refractivity contribution in [3.05, 3.63) is 0 Å². The number of rotatable bonds is 60. The SMILES string of the molecule is COP(O)(=S)OCCCCCCNC(=O)CCCC(=O)N1CC(C(=O)NC(COCCC(=O)NCCCCCCOC2OC(CO)C(O)C(O)C2NC(C)=O)(COCCC(=O)NCCCCCCOC2OC(CO)C(O)C(O)C2NC(C)=O)COCCC(=O)NCCCCCCOC2OC(CO)C(O)C(O)C2NC(C)=O)C1. The number of aliphatic hydroxyl groups is 9. The van der Waals surface area contributed by atoms with Crippen molar-refractivity contribution in [2.45, 2.75) is 259 Å². The molecule has 0 aromatic carbocycles. The number of likely N-dealkylation sites (tertiary alicyclic amines) is 1. The highest BCUT2D eigenvalue weighted by atomic mass is 32.5. The molecule has 16 atom stereocenters. The zero-order valence-electron chi connectivity index (χ0n) is 65.2. The number of hydrogen-bond donors (Lipinski definition) is 18. The zero-order chi connectivity index (χ0) is 82.4. The van der Waals surface area contributed by atoms with Crippen LogP contribution < -0.4 is 42.5 Å². The average Bonchev–Trinajstić information content (AvgIpc) is 0.827. The minimum atomic E-state index is -3.20. The molecule has 4 aliphatic heterocycles. The van der Waals surface area contributed by atoms with Gasteiger partial charge in [-0.15, -0.1) is 0 Å². The lowest BCUT2D eigenvalue weighted by Gasteiger charge is -2.42. The first-order valence-electron chi connectivity index (χ1n) is 39.0. The van der Waals surface area contributed by atoms with Crippen LogP contribution in [0.25, 0.3) is 0 Å². The highest BCUT2D eigenvalue weighted by Crippen LogP contribution is 2.42. The lowest BCUT2D eigenvalue weighted by molar-refractivity contribution is -0.270. The first-order chi connectivity index (χ1) is 53.6. The summed E-state index contributed by atoms with van der Waals surface area (Å²) in [5.41, 5.74) is -1.49. The summed E-state index contributed by atoms with van der Waals surface area (Å²) in [5.74, 6) is -4.06. The number of nitrogens with one attached hydrogen (secondary N) is 8. The van der Waals surface area contributed by atoms with E-state index in [-0.39, 0.29) is 147 Å². The second-order valence-corrected chi connectivity index (χ2v) is 31.4. The van der Waals surface area contributed by atoms with Gasteiger partial charge in [-0.05, 0) is 69.6 Å². The summed E-state index contributed by atoms with van der Waals surface area (Å²) in [6.45, 7) is -0.136. The third-order valence-corrected chi connectivity index (χ3v) is 20.7. The number of ether oxygens (including phenoxy) is 9. The predicted octanol–water partition coefficient (Wildman–Crippen LogP) is -3.84. The van der Waals surface area contributed by atoms with E-state index in [9.17, 15) is 94.0 Å². The van der Waals surface area contributed by atoms with Gasteiger partial charge >= 0.3 is 6.72 Å². The molecule has 0 aromatic rings. The summed E-state index contributed by atoms with van der Waals surface area (Å²) < 4.78 is 62.6. The standard InChI is InChI=1S/C71H128N9O30PS/c1-46(84)76-58-64(95)61(92)50(40-81)108-68(58)104-31-17-9-5-13-28-73-54(88)24-35-101-43-71(79-67(98)49-38-80(39-49)57(91)23-21-22-53(87)72-27-16-8-12-20-34-107-111(99,112)100-4,44-102-36-25-55(89)74-29-14-6-10-18-32-105-69-59(77-47(2)85)65(96)62(93)51(41-82)109-69)45-103-37-26-56(90)75-30-15-7-11-19-33-106-70-60(78-48(3)86)66(97)63(94)52(42-83)110-70/h49-52,58-66,68-70,81-83,92-97H,5-45H2,1-4H3,(H,72,87)(H,73,88)(H,74,89)(H,75,90)(H,76,84)(H,77,85)(H,78,86)(H,79,98)(H,99,112). The van der Waals surface area contributed by atoms with Gasteiger partial charge in [-0.25, -0.2) is 0 Å². The summed E-state index contributed by atoms with van der Waals surface area (Å²) in [5, 5.41) is 114. The second-order valence-electron chi connectivity index (χ2n) is 28.5. The number of unbranched alkanes of at least 4 members (excludes halogenated alkanes) is 12. The van der Waals surface area contributed by atoms with Gasteiger partial charge in [0.2, 0.25) is 53.2 Å². The quantitative estimate of drug-likeness (QED) is 0.0205. The Labute approximate surface area is 659 Å².